The molecule has 2 heterocycles. The quantitative estimate of drug-likeness (QED) is 0.789. The Morgan fingerprint density at radius 2 is 2.12 bits per heavy atom. The van der Waals surface area contributed by atoms with E-state index in [2.05, 4.69) is 27.1 Å². The van der Waals surface area contributed by atoms with E-state index in [1.54, 1.807) is 18.6 Å². The van der Waals surface area contributed by atoms with Gasteiger partial charge < -0.3 is 4.90 Å². The van der Waals surface area contributed by atoms with Crippen LogP contribution < -0.4 is 0 Å². The number of aryl methyl sites for hydroxylation is 1. The summed E-state index contributed by atoms with van der Waals surface area (Å²) in [5.41, 5.74) is 2.26. The van der Waals surface area contributed by atoms with Gasteiger partial charge >= 0.3 is 0 Å². The summed E-state index contributed by atoms with van der Waals surface area (Å²) in [6.45, 7) is 3.19. The summed E-state index contributed by atoms with van der Waals surface area (Å²) in [7, 11) is 0. The van der Waals surface area contributed by atoms with Crippen LogP contribution in [0.4, 0.5) is 0 Å². The number of rotatable bonds is 5. The molecule has 2 bridgehead atoms. The van der Waals surface area contributed by atoms with Gasteiger partial charge in [-0.2, -0.15) is 0 Å². The van der Waals surface area contributed by atoms with Crippen LogP contribution in [0.3, 0.4) is 0 Å². The van der Waals surface area contributed by atoms with Gasteiger partial charge in [0.1, 0.15) is 5.69 Å². The third-order valence-electron chi connectivity index (χ3n) is 5.25. The fraction of sp³-hybridized carbons (Fsp3) is 0.400. The van der Waals surface area contributed by atoms with E-state index >= 15 is 0 Å². The number of allylic oxidation sites excluding steroid dienone is 2. The lowest BCUT2D eigenvalue weighted by Crippen LogP contribution is -2.36. The molecule has 2 aliphatic carbocycles. The van der Waals surface area contributed by atoms with Crippen LogP contribution >= 0.6 is 0 Å². The molecule has 0 unspecified atom stereocenters. The van der Waals surface area contributed by atoms with Gasteiger partial charge in [-0.25, -0.2) is 4.98 Å². The van der Waals surface area contributed by atoms with Gasteiger partial charge in [0.15, 0.2) is 0 Å². The minimum absolute atomic E-state index is 0.0527. The standard InChI is InChI=1S/C20H22N4O/c1-14-9-23-19(11-22-14)20(25)24(12-16-3-2-6-21-10-16)13-18-8-15-4-5-17(18)7-15/h2-6,9-11,15,17-18H,7-8,12-13H2,1H3/t15-,17-,18+/m0/s1. The van der Waals surface area contributed by atoms with Crippen molar-refractivity contribution in [2.24, 2.45) is 17.8 Å². The first-order chi connectivity index (χ1) is 12.2. The molecular weight excluding hydrogens is 312 g/mol. The second-order valence-electron chi connectivity index (χ2n) is 7.13. The predicted octanol–water partition coefficient (Wildman–Crippen LogP) is 3.03. The summed E-state index contributed by atoms with van der Waals surface area (Å²) < 4.78 is 0. The Balaban J connectivity index is 1.55. The third kappa shape index (κ3) is 3.45. The van der Waals surface area contributed by atoms with E-state index < -0.39 is 0 Å². The van der Waals surface area contributed by atoms with Crippen molar-refractivity contribution in [1.82, 2.24) is 19.9 Å². The molecule has 1 saturated carbocycles. The van der Waals surface area contributed by atoms with Crippen LogP contribution in [0.2, 0.25) is 0 Å². The molecule has 0 saturated heterocycles. The van der Waals surface area contributed by atoms with Crippen molar-refractivity contribution in [1.29, 1.82) is 0 Å². The minimum Gasteiger partial charge on any atom is -0.333 e. The maximum atomic E-state index is 13.0. The molecule has 128 valence electrons. The van der Waals surface area contributed by atoms with Crippen molar-refractivity contribution in [2.45, 2.75) is 26.3 Å². The van der Waals surface area contributed by atoms with Crippen LogP contribution in [0.25, 0.3) is 0 Å². The van der Waals surface area contributed by atoms with Crippen LogP contribution in [0.15, 0.2) is 49.1 Å². The number of nitrogens with zero attached hydrogens (tertiary/aromatic N) is 4. The van der Waals surface area contributed by atoms with Crippen LogP contribution in [-0.4, -0.2) is 32.3 Å². The predicted molar refractivity (Wildman–Crippen MR) is 94.6 cm³/mol. The molecule has 3 atom stereocenters. The zero-order valence-electron chi connectivity index (χ0n) is 14.4. The summed E-state index contributed by atoms with van der Waals surface area (Å²) in [6.07, 6.45) is 13.9. The Kier molecular flexibility index (Phi) is 4.30. The van der Waals surface area contributed by atoms with Crippen molar-refractivity contribution in [2.75, 3.05) is 6.54 Å². The van der Waals surface area contributed by atoms with Crippen molar-refractivity contribution in [3.63, 3.8) is 0 Å². The van der Waals surface area contributed by atoms with E-state index in [0.717, 1.165) is 17.8 Å². The lowest BCUT2D eigenvalue weighted by atomic mass is 9.93. The van der Waals surface area contributed by atoms with Gasteiger partial charge in [0.05, 0.1) is 11.9 Å². The Hall–Kier alpha value is -2.56. The molecule has 5 heteroatoms. The number of carbonyl (C=O) groups is 1. The van der Waals surface area contributed by atoms with E-state index in [9.17, 15) is 4.79 Å². The molecule has 5 nitrogen and oxygen atoms in total. The average Bonchev–Trinajstić information content (AvgIpc) is 3.25. The normalized spacial score (nSPS) is 23.8. The fourth-order valence-electron chi connectivity index (χ4n) is 3.98. The Bertz CT molecular complexity index is 772. The van der Waals surface area contributed by atoms with E-state index in [0.29, 0.717) is 30.0 Å². The van der Waals surface area contributed by atoms with Crippen molar-refractivity contribution < 1.29 is 4.79 Å². The smallest absolute Gasteiger partial charge is 0.274 e. The van der Waals surface area contributed by atoms with Crippen LogP contribution in [-0.2, 0) is 6.54 Å². The van der Waals surface area contributed by atoms with Crippen molar-refractivity contribution in [3.8, 4) is 0 Å². The summed E-state index contributed by atoms with van der Waals surface area (Å²) in [6, 6.07) is 3.92. The monoisotopic (exact) mass is 334 g/mol. The van der Waals surface area contributed by atoms with E-state index in [1.165, 1.54) is 12.8 Å². The largest absolute Gasteiger partial charge is 0.333 e. The fourth-order valence-corrected chi connectivity index (χ4v) is 3.98. The molecule has 0 radical (unpaired) electrons. The highest BCUT2D eigenvalue weighted by Gasteiger charge is 2.37. The highest BCUT2D eigenvalue weighted by atomic mass is 16.2. The first-order valence-electron chi connectivity index (χ1n) is 8.84. The van der Waals surface area contributed by atoms with Crippen molar-refractivity contribution in [3.05, 3.63) is 66.0 Å². The van der Waals surface area contributed by atoms with Gasteiger partial charge in [-0.1, -0.05) is 18.2 Å². The molecule has 0 aliphatic heterocycles. The maximum Gasteiger partial charge on any atom is 0.274 e. The number of pyridine rings is 1. The second-order valence-corrected chi connectivity index (χ2v) is 7.13. The minimum atomic E-state index is -0.0527. The van der Waals surface area contributed by atoms with Gasteiger partial charge in [0.25, 0.3) is 5.91 Å². The third-order valence-corrected chi connectivity index (χ3v) is 5.25. The molecule has 4 rings (SSSR count). The number of aromatic nitrogens is 3. The van der Waals surface area contributed by atoms with Gasteiger partial charge in [-0.3, -0.25) is 14.8 Å². The number of amides is 1. The Labute approximate surface area is 147 Å². The van der Waals surface area contributed by atoms with E-state index in [1.807, 2.05) is 30.2 Å². The zero-order valence-corrected chi connectivity index (χ0v) is 14.4. The van der Waals surface area contributed by atoms with Gasteiger partial charge in [-0.05, 0) is 49.1 Å². The molecule has 2 aromatic rings. The topological polar surface area (TPSA) is 59.0 Å². The first-order valence-corrected chi connectivity index (χ1v) is 8.84. The number of carbonyl (C=O) groups excluding carboxylic acids is 1. The molecule has 0 spiro atoms. The number of fused-ring (bicyclic) bond motifs is 2. The highest BCUT2D eigenvalue weighted by Crippen LogP contribution is 2.43. The zero-order chi connectivity index (χ0) is 17.2. The van der Waals surface area contributed by atoms with Crippen LogP contribution in [0, 0.1) is 24.7 Å². The second kappa shape index (κ2) is 6.75. The molecule has 0 N–H and O–H groups in total. The molecule has 1 amide bonds. The van der Waals surface area contributed by atoms with Gasteiger partial charge in [0, 0.05) is 31.7 Å². The summed E-state index contributed by atoms with van der Waals surface area (Å²) in [5.74, 6) is 1.79. The van der Waals surface area contributed by atoms with Crippen LogP contribution in [0.1, 0.15) is 34.6 Å². The molecular formula is C20H22N4O. The summed E-state index contributed by atoms with van der Waals surface area (Å²) >= 11 is 0. The maximum absolute atomic E-state index is 13.0. The van der Waals surface area contributed by atoms with Crippen LogP contribution in [0.5, 0.6) is 0 Å². The lowest BCUT2D eigenvalue weighted by Gasteiger charge is -2.28. The molecule has 2 aromatic heterocycles. The average molecular weight is 334 g/mol. The molecule has 0 aromatic carbocycles. The SMILES string of the molecule is Cc1cnc(C(=O)N(Cc2cccnc2)C[C@H]2C[C@H]3C=C[C@H]2C3)cn1. The first kappa shape index (κ1) is 15.9. The van der Waals surface area contributed by atoms with Gasteiger partial charge in [-0.15, -0.1) is 0 Å². The Morgan fingerprint density at radius 3 is 2.76 bits per heavy atom. The summed E-state index contributed by atoms with van der Waals surface area (Å²) in [5, 5.41) is 0. The highest BCUT2D eigenvalue weighted by molar-refractivity contribution is 5.92. The molecule has 25 heavy (non-hydrogen) atoms. The Morgan fingerprint density at radius 1 is 1.20 bits per heavy atom. The number of hydrogen-bond donors (Lipinski definition) is 0. The van der Waals surface area contributed by atoms with E-state index in [4.69, 9.17) is 0 Å². The van der Waals surface area contributed by atoms with E-state index in [-0.39, 0.29) is 5.91 Å². The van der Waals surface area contributed by atoms with Crippen molar-refractivity contribution >= 4 is 5.91 Å². The lowest BCUT2D eigenvalue weighted by molar-refractivity contribution is 0.0698. The molecule has 1 fully saturated rings. The number of hydrogen-bond acceptors (Lipinski definition) is 4. The van der Waals surface area contributed by atoms with Gasteiger partial charge in [0.2, 0.25) is 0 Å². The molecule has 2 aliphatic rings. The summed E-state index contributed by atoms with van der Waals surface area (Å²) in [4.78, 5) is 27.6.